The summed E-state index contributed by atoms with van der Waals surface area (Å²) in [5, 5.41) is 14.3. The highest BCUT2D eigenvalue weighted by molar-refractivity contribution is 7.15. The molecule has 2 N–H and O–H groups in total. The third-order valence-electron chi connectivity index (χ3n) is 3.86. The van der Waals surface area contributed by atoms with Crippen LogP contribution in [0.3, 0.4) is 0 Å². The summed E-state index contributed by atoms with van der Waals surface area (Å²) < 4.78 is 0. The van der Waals surface area contributed by atoms with E-state index in [-0.39, 0.29) is 18.9 Å². The summed E-state index contributed by atoms with van der Waals surface area (Å²) in [6.45, 7) is 4.15. The number of imide groups is 1. The molecule has 0 aliphatic carbocycles. The van der Waals surface area contributed by atoms with Crippen molar-refractivity contribution in [1.82, 2.24) is 20.4 Å². The Hall–Kier alpha value is -2.81. The molecule has 8 nitrogen and oxygen atoms in total. The third kappa shape index (κ3) is 4.05. The molecule has 0 saturated carbocycles. The van der Waals surface area contributed by atoms with Gasteiger partial charge in [-0.15, -0.1) is 10.2 Å². The molecule has 2 aromatic rings. The third-order valence-corrected chi connectivity index (χ3v) is 5.00. The Morgan fingerprint density at radius 1 is 1.27 bits per heavy atom. The monoisotopic (exact) mass is 373 g/mol. The van der Waals surface area contributed by atoms with Gasteiger partial charge < -0.3 is 10.6 Å². The predicted octanol–water partition coefficient (Wildman–Crippen LogP) is 2.11. The van der Waals surface area contributed by atoms with Gasteiger partial charge in [-0.05, 0) is 5.56 Å². The van der Waals surface area contributed by atoms with Crippen molar-refractivity contribution in [3.63, 3.8) is 0 Å². The van der Waals surface area contributed by atoms with Gasteiger partial charge in [-0.1, -0.05) is 55.5 Å². The van der Waals surface area contributed by atoms with Crippen molar-refractivity contribution < 1.29 is 14.4 Å². The summed E-state index contributed by atoms with van der Waals surface area (Å²) in [4.78, 5) is 37.8. The Balaban J connectivity index is 1.58. The average molecular weight is 373 g/mol. The van der Waals surface area contributed by atoms with Crippen LogP contribution < -0.4 is 10.6 Å². The van der Waals surface area contributed by atoms with Crippen LogP contribution in [0.5, 0.6) is 0 Å². The number of amides is 4. The Morgan fingerprint density at radius 2 is 2.00 bits per heavy atom. The second-order valence-corrected chi connectivity index (χ2v) is 7.27. The maximum absolute atomic E-state index is 12.4. The van der Waals surface area contributed by atoms with Crippen molar-refractivity contribution >= 4 is 34.3 Å². The number of aromatic nitrogens is 2. The maximum Gasteiger partial charge on any atom is 0.325 e. The zero-order valence-corrected chi connectivity index (χ0v) is 15.2. The molecule has 1 aliphatic heterocycles. The molecule has 1 aromatic heterocycles. The Kier molecular flexibility index (Phi) is 5.27. The standard InChI is InChI=1S/C17H19N5O3S/c1-10(2)14-20-21-16(26-14)19-13(23)8-12-15(24)22(17(25)18-12)9-11-6-4-3-5-7-11/h3-7,10,12H,8-9H2,1-2H3,(H,18,25)(H,19,21,23)/t12-/m1/s1. The van der Waals surface area contributed by atoms with Gasteiger partial charge in [0.1, 0.15) is 11.0 Å². The first-order chi connectivity index (χ1) is 12.4. The van der Waals surface area contributed by atoms with Gasteiger partial charge >= 0.3 is 6.03 Å². The minimum atomic E-state index is -0.872. The predicted molar refractivity (Wildman–Crippen MR) is 96.6 cm³/mol. The zero-order valence-electron chi connectivity index (χ0n) is 14.4. The summed E-state index contributed by atoms with van der Waals surface area (Å²) >= 11 is 1.29. The first-order valence-corrected chi connectivity index (χ1v) is 9.04. The largest absolute Gasteiger partial charge is 0.325 e. The van der Waals surface area contributed by atoms with Crippen LogP contribution in [0.2, 0.25) is 0 Å². The maximum atomic E-state index is 12.4. The number of anilines is 1. The minimum Gasteiger partial charge on any atom is -0.325 e. The highest BCUT2D eigenvalue weighted by Crippen LogP contribution is 2.23. The molecule has 136 valence electrons. The SMILES string of the molecule is CC(C)c1nnc(NC(=O)C[C@H]2NC(=O)N(Cc3ccccc3)C2=O)s1. The molecule has 1 atom stereocenters. The molecule has 1 aliphatic rings. The molecule has 3 rings (SSSR count). The van der Waals surface area contributed by atoms with Crippen molar-refractivity contribution in [2.24, 2.45) is 0 Å². The number of nitrogens with zero attached hydrogens (tertiary/aromatic N) is 3. The topological polar surface area (TPSA) is 104 Å². The van der Waals surface area contributed by atoms with Gasteiger partial charge in [0.15, 0.2) is 0 Å². The lowest BCUT2D eigenvalue weighted by atomic mass is 10.2. The van der Waals surface area contributed by atoms with Crippen LogP contribution in [-0.4, -0.2) is 39.0 Å². The molecule has 26 heavy (non-hydrogen) atoms. The summed E-state index contributed by atoms with van der Waals surface area (Å²) in [7, 11) is 0. The van der Waals surface area contributed by atoms with Crippen molar-refractivity contribution in [1.29, 1.82) is 0 Å². The molecule has 1 saturated heterocycles. The molecule has 1 aromatic carbocycles. The highest BCUT2D eigenvalue weighted by atomic mass is 32.1. The quantitative estimate of drug-likeness (QED) is 0.755. The summed E-state index contributed by atoms with van der Waals surface area (Å²) in [6, 6.07) is 7.85. The molecule has 9 heteroatoms. The van der Waals surface area contributed by atoms with Crippen molar-refractivity contribution in [3.8, 4) is 0 Å². The lowest BCUT2D eigenvalue weighted by Crippen LogP contribution is -2.34. The number of hydrogen-bond acceptors (Lipinski definition) is 6. The van der Waals surface area contributed by atoms with Crippen molar-refractivity contribution in [2.75, 3.05) is 5.32 Å². The van der Waals surface area contributed by atoms with Crippen LogP contribution in [-0.2, 0) is 16.1 Å². The van der Waals surface area contributed by atoms with E-state index in [1.54, 1.807) is 0 Å². The lowest BCUT2D eigenvalue weighted by Gasteiger charge is -2.12. The van der Waals surface area contributed by atoms with E-state index in [4.69, 9.17) is 0 Å². The van der Waals surface area contributed by atoms with E-state index in [0.29, 0.717) is 5.13 Å². The fraction of sp³-hybridized carbons (Fsp3) is 0.353. The number of carbonyl (C=O) groups is 3. The van der Waals surface area contributed by atoms with Crippen LogP contribution in [0.4, 0.5) is 9.93 Å². The summed E-state index contributed by atoms with van der Waals surface area (Å²) in [5.41, 5.74) is 0.844. The Bertz CT molecular complexity index is 821. The number of nitrogens with one attached hydrogen (secondary N) is 2. The Labute approximate surface area is 154 Å². The first kappa shape index (κ1) is 18.0. The van der Waals surface area contributed by atoms with Crippen LogP contribution in [0.25, 0.3) is 0 Å². The molecule has 2 heterocycles. The normalized spacial score (nSPS) is 16.9. The summed E-state index contributed by atoms with van der Waals surface area (Å²) in [6.07, 6.45) is -0.146. The van der Waals surface area contributed by atoms with E-state index >= 15 is 0 Å². The second-order valence-electron chi connectivity index (χ2n) is 6.26. The number of urea groups is 1. The van der Waals surface area contributed by atoms with Gasteiger partial charge in [-0.25, -0.2) is 4.79 Å². The van der Waals surface area contributed by atoms with E-state index in [1.165, 1.54) is 11.3 Å². The second kappa shape index (κ2) is 7.61. The van der Waals surface area contributed by atoms with Crippen molar-refractivity contribution in [3.05, 3.63) is 40.9 Å². The van der Waals surface area contributed by atoms with E-state index < -0.39 is 23.9 Å². The lowest BCUT2D eigenvalue weighted by molar-refractivity contribution is -0.130. The van der Waals surface area contributed by atoms with Crippen LogP contribution >= 0.6 is 11.3 Å². The smallest absolute Gasteiger partial charge is 0.325 e. The van der Waals surface area contributed by atoms with Gasteiger partial charge in [-0.3, -0.25) is 14.5 Å². The van der Waals surface area contributed by atoms with Gasteiger partial charge in [0.2, 0.25) is 11.0 Å². The fourth-order valence-electron chi connectivity index (χ4n) is 2.51. The van der Waals surface area contributed by atoms with E-state index in [9.17, 15) is 14.4 Å². The van der Waals surface area contributed by atoms with Gasteiger partial charge in [0.05, 0.1) is 13.0 Å². The van der Waals surface area contributed by atoms with E-state index in [2.05, 4.69) is 20.8 Å². The fourth-order valence-corrected chi connectivity index (χ4v) is 3.27. The van der Waals surface area contributed by atoms with Crippen LogP contribution in [0.15, 0.2) is 30.3 Å². The van der Waals surface area contributed by atoms with E-state index in [0.717, 1.165) is 15.5 Å². The van der Waals surface area contributed by atoms with Crippen molar-refractivity contribution in [2.45, 2.75) is 38.8 Å². The first-order valence-electron chi connectivity index (χ1n) is 8.23. The molecule has 0 bridgehead atoms. The number of hydrogen-bond donors (Lipinski definition) is 2. The highest BCUT2D eigenvalue weighted by Gasteiger charge is 2.39. The molecule has 1 fully saturated rings. The van der Waals surface area contributed by atoms with E-state index in [1.807, 2.05) is 44.2 Å². The van der Waals surface area contributed by atoms with Crippen LogP contribution in [0.1, 0.15) is 36.8 Å². The number of rotatable bonds is 6. The minimum absolute atomic E-state index is 0.146. The molecular weight excluding hydrogens is 354 g/mol. The van der Waals surface area contributed by atoms with Gasteiger partial charge in [0, 0.05) is 5.92 Å². The number of benzene rings is 1. The van der Waals surface area contributed by atoms with Crippen LogP contribution in [0, 0.1) is 0 Å². The van der Waals surface area contributed by atoms with Gasteiger partial charge in [0.25, 0.3) is 5.91 Å². The molecule has 0 spiro atoms. The molecule has 4 amide bonds. The zero-order chi connectivity index (χ0) is 18.7. The van der Waals surface area contributed by atoms with Gasteiger partial charge in [-0.2, -0.15) is 0 Å². The number of carbonyl (C=O) groups excluding carboxylic acids is 3. The molecule has 0 unspecified atom stereocenters. The summed E-state index contributed by atoms with van der Waals surface area (Å²) in [5.74, 6) is -0.578. The molecule has 0 radical (unpaired) electrons. The average Bonchev–Trinajstić information content (AvgIpc) is 3.16. The molecular formula is C17H19N5O3S. The Morgan fingerprint density at radius 3 is 2.65 bits per heavy atom.